The summed E-state index contributed by atoms with van der Waals surface area (Å²) >= 11 is 0. The van der Waals surface area contributed by atoms with E-state index in [4.69, 9.17) is 0 Å². The molecule has 31 heavy (non-hydrogen) atoms. The lowest BCUT2D eigenvalue weighted by Gasteiger charge is -2.26. The molecule has 0 radical (unpaired) electrons. The molecule has 0 saturated carbocycles. The van der Waals surface area contributed by atoms with Crippen LogP contribution >= 0.6 is 7.26 Å². The van der Waals surface area contributed by atoms with E-state index >= 15 is 0 Å². The normalized spacial score (nSPS) is 11.4. The van der Waals surface area contributed by atoms with Crippen molar-refractivity contribution >= 4 is 28.9 Å². The average molecular weight is 420 g/mol. The van der Waals surface area contributed by atoms with E-state index in [2.05, 4.69) is 53.3 Å². The number of allylic oxidation sites excluding steroid dienone is 1. The van der Waals surface area contributed by atoms with E-state index in [1.807, 2.05) is 91.1 Å². The lowest BCUT2D eigenvalue weighted by Crippen LogP contribution is -2.33. The first-order valence-electron chi connectivity index (χ1n) is 10.1. The molecule has 3 nitrogen and oxygen atoms in total. The Labute approximate surface area is 184 Å². The predicted octanol–water partition coefficient (Wildman–Crippen LogP) is 4.96. The molecular weight excluding hydrogens is 397 g/mol. The molecule has 150 valence electrons. The monoisotopic (exact) mass is 420 g/mol. The minimum Gasteiger partial charge on any atom is -0.303 e. The van der Waals surface area contributed by atoms with Gasteiger partial charge in [-0.15, -0.1) is 0 Å². The number of benzene rings is 4. The van der Waals surface area contributed by atoms with Crippen LogP contribution in [0, 0.1) is 11.3 Å². The maximum atomic E-state index is 10.4. The first-order chi connectivity index (χ1) is 15.4. The van der Waals surface area contributed by atoms with Gasteiger partial charge in [0, 0.05) is 0 Å². The smallest absolute Gasteiger partial charge is 0.202 e. The maximum absolute atomic E-state index is 10.4. The second-order valence-corrected chi connectivity index (χ2v) is 10.3. The Morgan fingerprint density at radius 2 is 1.00 bits per heavy atom. The Morgan fingerprint density at radius 3 is 1.39 bits per heavy atom. The molecule has 0 bridgehead atoms. The number of rotatable bonds is 7. The highest BCUT2D eigenvalue weighted by molar-refractivity contribution is 7.99. The third-order valence-corrected chi connectivity index (χ3v) is 9.28. The molecule has 4 rings (SSSR count). The molecule has 4 aromatic rings. The van der Waals surface area contributed by atoms with Crippen LogP contribution in [0.4, 0.5) is 5.69 Å². The molecule has 0 aromatic heterocycles. The van der Waals surface area contributed by atoms with Gasteiger partial charge < -0.3 is 10.9 Å². The van der Waals surface area contributed by atoms with Gasteiger partial charge in [0.25, 0.3) is 0 Å². The summed E-state index contributed by atoms with van der Waals surface area (Å²) in [6, 6.07) is 43.4. The van der Waals surface area contributed by atoms with Crippen LogP contribution in [-0.2, 0) is 0 Å². The van der Waals surface area contributed by atoms with E-state index in [0.717, 1.165) is 21.6 Å². The van der Waals surface area contributed by atoms with E-state index in [1.165, 1.54) is 0 Å². The molecule has 4 aromatic carbocycles. The summed E-state index contributed by atoms with van der Waals surface area (Å²) in [5, 5.41) is 14.5. The highest BCUT2D eigenvalue weighted by Gasteiger charge is 2.50. The summed E-state index contributed by atoms with van der Waals surface area (Å²) in [6.45, 7) is 0. The fourth-order valence-electron chi connectivity index (χ4n) is 3.73. The summed E-state index contributed by atoms with van der Waals surface area (Å²) in [5.41, 5.74) is 7.27. The first kappa shape index (κ1) is 20.4. The topological polar surface area (TPSA) is 47.9 Å². The number of anilines is 1. The molecule has 2 N–H and O–H groups in total. The van der Waals surface area contributed by atoms with Crippen molar-refractivity contribution < 1.29 is 0 Å². The van der Waals surface area contributed by atoms with E-state index in [-0.39, 0.29) is 0 Å². The molecule has 0 amide bonds. The van der Waals surface area contributed by atoms with Gasteiger partial charge in [-0.1, -0.05) is 72.8 Å². The third-order valence-electron chi connectivity index (χ3n) is 5.11. The molecule has 0 aliphatic heterocycles. The molecule has 0 fully saturated rings. The van der Waals surface area contributed by atoms with Crippen molar-refractivity contribution in [2.75, 3.05) is 5.43 Å². The van der Waals surface area contributed by atoms with Crippen LogP contribution < -0.4 is 26.8 Å². The van der Waals surface area contributed by atoms with Crippen LogP contribution in [0.5, 0.6) is 0 Å². The maximum Gasteiger partial charge on any atom is 0.202 e. The van der Waals surface area contributed by atoms with Gasteiger partial charge in [0.15, 0.2) is 7.26 Å². The van der Waals surface area contributed by atoms with E-state index < -0.39 is 7.26 Å². The molecular formula is C27H23N3P+. The molecule has 0 atom stereocenters. The zero-order chi connectivity index (χ0) is 21.4. The predicted molar refractivity (Wildman–Crippen MR) is 132 cm³/mol. The quantitative estimate of drug-likeness (QED) is 0.252. The van der Waals surface area contributed by atoms with Crippen LogP contribution in [0.1, 0.15) is 0 Å². The van der Waals surface area contributed by atoms with Crippen molar-refractivity contribution in [2.24, 2.45) is 0 Å². The van der Waals surface area contributed by atoms with Crippen molar-refractivity contribution in [1.29, 1.82) is 5.26 Å². The Balaban J connectivity index is 1.90. The van der Waals surface area contributed by atoms with Crippen molar-refractivity contribution in [3.8, 4) is 6.07 Å². The second-order valence-electron chi connectivity index (χ2n) is 6.95. The minimum atomic E-state index is -2.39. The van der Waals surface area contributed by atoms with E-state index in [1.54, 1.807) is 0 Å². The Morgan fingerprint density at radius 1 is 0.613 bits per heavy atom. The molecule has 0 saturated heterocycles. The van der Waals surface area contributed by atoms with Crippen molar-refractivity contribution in [3.05, 3.63) is 133 Å². The van der Waals surface area contributed by atoms with Gasteiger partial charge in [-0.2, -0.15) is 5.26 Å². The highest BCUT2D eigenvalue weighted by atomic mass is 31.2. The number of nitrogens with one attached hydrogen (secondary N) is 2. The molecule has 0 aliphatic carbocycles. The van der Waals surface area contributed by atoms with E-state index in [9.17, 15) is 5.26 Å². The third kappa shape index (κ3) is 4.21. The summed E-state index contributed by atoms with van der Waals surface area (Å²) in [7, 11) is -2.39. The summed E-state index contributed by atoms with van der Waals surface area (Å²) in [6.07, 6.45) is 1.81. The number of hydrogen-bond donors (Lipinski definition) is 2. The van der Waals surface area contributed by atoms with E-state index in [0.29, 0.717) is 5.31 Å². The number of nitriles is 1. The van der Waals surface area contributed by atoms with Gasteiger partial charge in [0.1, 0.15) is 22.0 Å². The minimum absolute atomic E-state index is 0.694. The average Bonchev–Trinajstić information content (AvgIpc) is 2.86. The Bertz CT molecular complexity index is 1070. The SMILES string of the molecule is N#C/C(=C\NNc1ccccc1)[P+](c1ccccc1)(c1ccccc1)c1ccccc1. The molecule has 4 heteroatoms. The van der Waals surface area contributed by atoms with Crippen LogP contribution in [0.15, 0.2) is 133 Å². The first-order valence-corrected chi connectivity index (χ1v) is 11.9. The number of nitrogens with zero attached hydrogens (tertiary/aromatic N) is 1. The fourth-order valence-corrected chi connectivity index (χ4v) is 7.73. The molecule has 0 spiro atoms. The number of hydrazine groups is 1. The van der Waals surface area contributed by atoms with Gasteiger partial charge in [-0.3, -0.25) is 0 Å². The Hall–Kier alpha value is -3.86. The van der Waals surface area contributed by atoms with Gasteiger partial charge >= 0.3 is 0 Å². The van der Waals surface area contributed by atoms with Crippen LogP contribution in [0.3, 0.4) is 0 Å². The number of para-hydroxylation sites is 1. The zero-order valence-corrected chi connectivity index (χ0v) is 17.9. The molecule has 0 heterocycles. The van der Waals surface area contributed by atoms with Crippen LogP contribution in [-0.4, -0.2) is 0 Å². The van der Waals surface area contributed by atoms with Crippen molar-refractivity contribution in [1.82, 2.24) is 5.43 Å². The largest absolute Gasteiger partial charge is 0.303 e. The van der Waals surface area contributed by atoms with Crippen LogP contribution in [0.25, 0.3) is 0 Å². The second kappa shape index (κ2) is 9.76. The molecule has 0 unspecified atom stereocenters. The van der Waals surface area contributed by atoms with Crippen molar-refractivity contribution in [3.63, 3.8) is 0 Å². The lowest BCUT2D eigenvalue weighted by molar-refractivity contribution is 1.05. The summed E-state index contributed by atoms with van der Waals surface area (Å²) < 4.78 is 0. The summed E-state index contributed by atoms with van der Waals surface area (Å²) in [4.78, 5) is 0. The Kier molecular flexibility index (Phi) is 6.43. The van der Waals surface area contributed by atoms with Crippen molar-refractivity contribution in [2.45, 2.75) is 0 Å². The van der Waals surface area contributed by atoms with Gasteiger partial charge in [0.05, 0.1) is 11.9 Å². The van der Waals surface area contributed by atoms with Gasteiger partial charge in [-0.25, -0.2) is 0 Å². The summed E-state index contributed by atoms with van der Waals surface area (Å²) in [5.74, 6) is 0. The van der Waals surface area contributed by atoms with Gasteiger partial charge in [-0.05, 0) is 48.5 Å². The highest BCUT2D eigenvalue weighted by Crippen LogP contribution is 2.61. The van der Waals surface area contributed by atoms with Crippen LogP contribution in [0.2, 0.25) is 0 Å². The number of hydrogen-bond acceptors (Lipinski definition) is 3. The van der Waals surface area contributed by atoms with Gasteiger partial charge in [0.2, 0.25) is 5.31 Å². The standard InChI is InChI=1S/C27H23N3P/c28-21-27(22-29-30-23-13-5-1-6-14-23)31(24-15-7-2-8-16-24,25-17-9-3-10-18-25)26-19-11-4-12-20-26/h1-20,22,29-30H/q+1/b27-22+. The lowest BCUT2D eigenvalue weighted by atomic mass is 10.3. The molecule has 0 aliphatic rings. The fraction of sp³-hybridized carbons (Fsp3) is 0. The zero-order valence-electron chi connectivity index (χ0n) is 17.0.